The van der Waals surface area contributed by atoms with Crippen LogP contribution in [0.1, 0.15) is 26.3 Å². The highest BCUT2D eigenvalue weighted by atomic mass is 19.4. The number of fused-ring (bicyclic) bond motifs is 3. The van der Waals surface area contributed by atoms with Gasteiger partial charge >= 0.3 is 6.18 Å². The summed E-state index contributed by atoms with van der Waals surface area (Å²) in [6.07, 6.45) is -3.50. The number of alkyl halides is 3. The lowest BCUT2D eigenvalue weighted by molar-refractivity contribution is -0.138. The van der Waals surface area contributed by atoms with Gasteiger partial charge in [-0.2, -0.15) is 13.2 Å². The highest BCUT2D eigenvalue weighted by Gasteiger charge is 2.39. The number of halogens is 3. The van der Waals surface area contributed by atoms with Gasteiger partial charge in [0.2, 0.25) is 0 Å². The van der Waals surface area contributed by atoms with Gasteiger partial charge in [0.05, 0.1) is 11.6 Å². The summed E-state index contributed by atoms with van der Waals surface area (Å²) in [4.78, 5) is 8.51. The van der Waals surface area contributed by atoms with Gasteiger partial charge < -0.3 is 9.64 Å². The summed E-state index contributed by atoms with van der Waals surface area (Å²) in [7, 11) is 0. The maximum atomic E-state index is 12.8. The Labute approximate surface area is 127 Å². The van der Waals surface area contributed by atoms with Crippen molar-refractivity contribution in [2.75, 3.05) is 24.6 Å². The summed E-state index contributed by atoms with van der Waals surface area (Å²) >= 11 is 0. The second-order valence-corrected chi connectivity index (χ2v) is 6.30. The molecule has 3 heterocycles. The molecule has 7 heteroatoms. The molecule has 2 aliphatic rings. The first-order valence-corrected chi connectivity index (χ1v) is 7.50. The lowest BCUT2D eigenvalue weighted by Crippen LogP contribution is -2.62. The molecule has 122 valence electrons. The molecule has 4 nitrogen and oxygen atoms in total. The van der Waals surface area contributed by atoms with Crippen molar-refractivity contribution in [2.24, 2.45) is 0 Å². The molecule has 0 amide bonds. The Morgan fingerprint density at radius 2 is 2.05 bits per heavy atom. The molecule has 0 spiro atoms. The number of anilines is 1. The summed E-state index contributed by atoms with van der Waals surface area (Å²) in [5.41, 5.74) is -0.765. The van der Waals surface area contributed by atoms with Crippen LogP contribution in [0.4, 0.5) is 19.0 Å². The fourth-order valence-electron chi connectivity index (χ4n) is 3.28. The minimum atomic E-state index is -4.40. The van der Waals surface area contributed by atoms with Gasteiger partial charge in [0, 0.05) is 31.4 Å². The SMILES string of the molecule is CC(C)N1C[C@@H]2COc3cc(C(F)(F)F)cnc3N2C[C@H]1C. The molecule has 0 radical (unpaired) electrons. The van der Waals surface area contributed by atoms with Gasteiger partial charge in [0.1, 0.15) is 6.61 Å². The number of piperazine rings is 1. The van der Waals surface area contributed by atoms with E-state index < -0.39 is 11.7 Å². The summed E-state index contributed by atoms with van der Waals surface area (Å²) in [6, 6.07) is 1.94. The molecule has 0 aromatic carbocycles. The van der Waals surface area contributed by atoms with Gasteiger partial charge in [0.15, 0.2) is 11.6 Å². The fraction of sp³-hybridized carbons (Fsp3) is 0.667. The Morgan fingerprint density at radius 3 is 2.68 bits per heavy atom. The number of hydrogen-bond donors (Lipinski definition) is 0. The number of nitrogens with zero attached hydrogens (tertiary/aromatic N) is 3. The Kier molecular flexibility index (Phi) is 3.71. The highest BCUT2D eigenvalue weighted by molar-refractivity contribution is 5.57. The van der Waals surface area contributed by atoms with Gasteiger partial charge in [-0.3, -0.25) is 4.90 Å². The van der Waals surface area contributed by atoms with Crippen molar-refractivity contribution < 1.29 is 17.9 Å². The third-order valence-electron chi connectivity index (χ3n) is 4.42. The van der Waals surface area contributed by atoms with Crippen LogP contribution in [0.15, 0.2) is 12.3 Å². The molecule has 2 aliphatic heterocycles. The summed E-state index contributed by atoms with van der Waals surface area (Å²) in [6.45, 7) is 8.41. The first-order chi connectivity index (χ1) is 10.3. The predicted octanol–water partition coefficient (Wildman–Crippen LogP) is 2.78. The Bertz CT molecular complexity index is 561. The molecular formula is C15H20F3N3O. The zero-order valence-corrected chi connectivity index (χ0v) is 12.9. The van der Waals surface area contributed by atoms with Gasteiger partial charge in [-0.1, -0.05) is 0 Å². The Morgan fingerprint density at radius 1 is 1.32 bits per heavy atom. The molecule has 1 aromatic heterocycles. The predicted molar refractivity (Wildman–Crippen MR) is 77.2 cm³/mol. The van der Waals surface area contributed by atoms with Gasteiger partial charge in [-0.05, 0) is 26.8 Å². The molecule has 0 saturated carbocycles. The van der Waals surface area contributed by atoms with E-state index in [-0.39, 0.29) is 11.8 Å². The van der Waals surface area contributed by atoms with Crippen LogP contribution in [0.25, 0.3) is 0 Å². The van der Waals surface area contributed by atoms with Crippen LogP contribution in [0, 0.1) is 0 Å². The molecule has 22 heavy (non-hydrogen) atoms. The van der Waals surface area contributed by atoms with Crippen molar-refractivity contribution in [2.45, 2.75) is 45.1 Å². The van der Waals surface area contributed by atoms with Crippen LogP contribution in [0.5, 0.6) is 5.75 Å². The van der Waals surface area contributed by atoms with Crippen LogP contribution in [0.3, 0.4) is 0 Å². The van der Waals surface area contributed by atoms with E-state index in [1.54, 1.807) is 0 Å². The highest BCUT2D eigenvalue weighted by Crippen LogP contribution is 2.39. The van der Waals surface area contributed by atoms with Crippen molar-refractivity contribution in [1.29, 1.82) is 0 Å². The topological polar surface area (TPSA) is 28.6 Å². The second kappa shape index (κ2) is 5.30. The van der Waals surface area contributed by atoms with Gasteiger partial charge in [0.25, 0.3) is 0 Å². The van der Waals surface area contributed by atoms with Crippen LogP contribution >= 0.6 is 0 Å². The monoisotopic (exact) mass is 315 g/mol. The minimum Gasteiger partial charge on any atom is -0.487 e. The summed E-state index contributed by atoms with van der Waals surface area (Å²) < 4.78 is 43.9. The Balaban J connectivity index is 1.88. The third-order valence-corrected chi connectivity index (χ3v) is 4.42. The number of ether oxygens (including phenoxy) is 1. The first kappa shape index (κ1) is 15.4. The quantitative estimate of drug-likeness (QED) is 0.797. The number of pyridine rings is 1. The zero-order chi connectivity index (χ0) is 16.1. The molecule has 3 rings (SSSR count). The van der Waals surface area contributed by atoms with Crippen molar-refractivity contribution in [3.8, 4) is 5.75 Å². The molecule has 2 atom stereocenters. The smallest absolute Gasteiger partial charge is 0.418 e. The van der Waals surface area contributed by atoms with E-state index in [0.29, 0.717) is 24.5 Å². The molecule has 0 unspecified atom stereocenters. The van der Waals surface area contributed by atoms with Crippen LogP contribution < -0.4 is 9.64 Å². The maximum Gasteiger partial charge on any atom is 0.418 e. The van der Waals surface area contributed by atoms with E-state index in [4.69, 9.17) is 4.74 Å². The zero-order valence-electron chi connectivity index (χ0n) is 12.9. The number of hydrogen-bond acceptors (Lipinski definition) is 4. The van der Waals surface area contributed by atoms with E-state index >= 15 is 0 Å². The fourth-order valence-corrected chi connectivity index (χ4v) is 3.28. The van der Waals surface area contributed by atoms with Crippen molar-refractivity contribution in [3.05, 3.63) is 17.8 Å². The van der Waals surface area contributed by atoms with E-state index in [1.165, 1.54) is 0 Å². The second-order valence-electron chi connectivity index (χ2n) is 6.30. The third kappa shape index (κ3) is 2.62. The summed E-state index contributed by atoms with van der Waals surface area (Å²) in [5, 5.41) is 0. The lowest BCUT2D eigenvalue weighted by atomic mass is 10.0. The van der Waals surface area contributed by atoms with Crippen molar-refractivity contribution >= 4 is 5.82 Å². The van der Waals surface area contributed by atoms with Crippen molar-refractivity contribution in [3.63, 3.8) is 0 Å². The van der Waals surface area contributed by atoms with E-state index in [1.807, 2.05) is 0 Å². The van der Waals surface area contributed by atoms with Crippen LogP contribution in [-0.2, 0) is 6.18 Å². The number of rotatable bonds is 1. The molecular weight excluding hydrogens is 295 g/mol. The average molecular weight is 315 g/mol. The van der Waals surface area contributed by atoms with Gasteiger partial charge in [-0.25, -0.2) is 4.98 Å². The molecule has 0 aliphatic carbocycles. The molecule has 1 fully saturated rings. The van der Waals surface area contributed by atoms with Crippen LogP contribution in [0.2, 0.25) is 0 Å². The maximum absolute atomic E-state index is 12.8. The van der Waals surface area contributed by atoms with Gasteiger partial charge in [-0.15, -0.1) is 0 Å². The van der Waals surface area contributed by atoms with E-state index in [9.17, 15) is 13.2 Å². The largest absolute Gasteiger partial charge is 0.487 e. The average Bonchev–Trinajstić information content (AvgIpc) is 2.44. The van der Waals surface area contributed by atoms with E-state index in [0.717, 1.165) is 25.4 Å². The molecule has 0 bridgehead atoms. The minimum absolute atomic E-state index is 0.135. The lowest BCUT2D eigenvalue weighted by Gasteiger charge is -2.49. The first-order valence-electron chi connectivity index (χ1n) is 7.50. The number of aromatic nitrogens is 1. The normalized spacial score (nSPS) is 25.7. The Hall–Kier alpha value is -1.50. The van der Waals surface area contributed by atoms with Crippen LogP contribution in [-0.4, -0.2) is 47.7 Å². The van der Waals surface area contributed by atoms with E-state index in [2.05, 4.69) is 35.6 Å². The van der Waals surface area contributed by atoms with Crippen molar-refractivity contribution in [1.82, 2.24) is 9.88 Å². The molecule has 0 N–H and O–H groups in total. The standard InChI is InChI=1S/C15H20F3N3O/c1-9(2)20-7-12-8-22-13-4-11(15(16,17)18)5-19-14(13)21(12)6-10(20)3/h4-5,9-10,12H,6-8H2,1-3H3/t10-,12-/m1/s1. The molecule has 1 aromatic rings. The summed E-state index contributed by atoms with van der Waals surface area (Å²) in [5.74, 6) is 0.760. The molecule has 1 saturated heterocycles.